The Hall–Kier alpha value is -1.14. The van der Waals surface area contributed by atoms with Gasteiger partial charge in [-0.15, -0.1) is 0 Å². The van der Waals surface area contributed by atoms with Crippen molar-refractivity contribution < 1.29 is 14.3 Å². The van der Waals surface area contributed by atoms with Crippen molar-refractivity contribution in [3.8, 4) is 0 Å². The molecule has 2 heterocycles. The van der Waals surface area contributed by atoms with Crippen LogP contribution < -0.4 is 5.73 Å². The minimum absolute atomic E-state index is 0.00224. The quantitative estimate of drug-likeness (QED) is 0.725. The molecule has 6 heteroatoms. The zero-order valence-corrected chi connectivity index (χ0v) is 11.5. The van der Waals surface area contributed by atoms with Crippen molar-refractivity contribution in [1.82, 2.24) is 9.80 Å². The lowest BCUT2D eigenvalue weighted by Crippen LogP contribution is -2.57. The lowest BCUT2D eigenvalue weighted by molar-refractivity contribution is -0.150. The Morgan fingerprint density at radius 1 is 1.32 bits per heavy atom. The lowest BCUT2D eigenvalue weighted by atomic mass is 9.99. The molecule has 0 radical (unpaired) electrons. The van der Waals surface area contributed by atoms with Crippen molar-refractivity contribution in [2.24, 2.45) is 11.7 Å². The van der Waals surface area contributed by atoms with E-state index in [1.165, 1.54) is 0 Å². The number of amides is 2. The Bertz CT molecular complexity index is 342. The molecule has 19 heavy (non-hydrogen) atoms. The summed E-state index contributed by atoms with van der Waals surface area (Å²) in [5.41, 5.74) is 6.11. The van der Waals surface area contributed by atoms with Crippen molar-refractivity contribution in [3.63, 3.8) is 0 Å². The molecule has 0 aromatic rings. The largest absolute Gasteiger partial charge is 0.381 e. The van der Waals surface area contributed by atoms with Gasteiger partial charge in [-0.2, -0.15) is 0 Å². The number of piperazine rings is 1. The molecule has 2 atom stereocenters. The topological polar surface area (TPSA) is 75.9 Å². The van der Waals surface area contributed by atoms with Crippen LogP contribution in [0.2, 0.25) is 0 Å². The van der Waals surface area contributed by atoms with E-state index < -0.39 is 0 Å². The second-order valence-corrected chi connectivity index (χ2v) is 5.38. The molecule has 0 aromatic carbocycles. The predicted molar refractivity (Wildman–Crippen MR) is 70.4 cm³/mol. The van der Waals surface area contributed by atoms with Crippen molar-refractivity contribution in [2.45, 2.75) is 25.8 Å². The summed E-state index contributed by atoms with van der Waals surface area (Å²) in [7, 11) is 0. The van der Waals surface area contributed by atoms with Gasteiger partial charge in [0.25, 0.3) is 0 Å². The van der Waals surface area contributed by atoms with Gasteiger partial charge < -0.3 is 20.3 Å². The van der Waals surface area contributed by atoms with Gasteiger partial charge in [0.05, 0.1) is 19.7 Å². The first-order valence-corrected chi connectivity index (χ1v) is 7.00. The summed E-state index contributed by atoms with van der Waals surface area (Å²) in [4.78, 5) is 27.2. The maximum absolute atomic E-state index is 12.0. The first-order valence-electron chi connectivity index (χ1n) is 7.00. The SMILES string of the molecule is CCCN1CC(=O)N(CC(N)C2CCOC2)CC1=O. The zero-order chi connectivity index (χ0) is 13.8. The van der Waals surface area contributed by atoms with E-state index in [1.807, 2.05) is 6.92 Å². The molecule has 6 nitrogen and oxygen atoms in total. The molecule has 2 amide bonds. The first-order chi connectivity index (χ1) is 9.11. The fourth-order valence-electron chi connectivity index (χ4n) is 2.64. The third-order valence-corrected chi connectivity index (χ3v) is 3.85. The molecule has 0 aromatic heterocycles. The molecule has 108 valence electrons. The lowest BCUT2D eigenvalue weighted by Gasteiger charge is -2.35. The van der Waals surface area contributed by atoms with Crippen LogP contribution in [-0.4, -0.2) is 67.0 Å². The number of nitrogens with two attached hydrogens (primary N) is 1. The monoisotopic (exact) mass is 269 g/mol. The number of carbonyl (C=O) groups is 2. The van der Waals surface area contributed by atoms with E-state index in [4.69, 9.17) is 10.5 Å². The van der Waals surface area contributed by atoms with Crippen LogP contribution in [0.4, 0.5) is 0 Å². The highest BCUT2D eigenvalue weighted by atomic mass is 16.5. The molecular formula is C13H23N3O3. The first kappa shape index (κ1) is 14.3. The van der Waals surface area contributed by atoms with Crippen LogP contribution in [0.1, 0.15) is 19.8 Å². The molecule has 0 spiro atoms. The highest BCUT2D eigenvalue weighted by molar-refractivity contribution is 5.92. The van der Waals surface area contributed by atoms with Gasteiger partial charge in [0, 0.05) is 31.7 Å². The molecule has 0 saturated carbocycles. The molecule has 2 saturated heterocycles. The molecular weight excluding hydrogens is 246 g/mol. The average molecular weight is 269 g/mol. The Morgan fingerprint density at radius 3 is 2.63 bits per heavy atom. The molecule has 2 aliphatic rings. The van der Waals surface area contributed by atoms with Gasteiger partial charge in [-0.1, -0.05) is 6.92 Å². The van der Waals surface area contributed by atoms with E-state index in [0.29, 0.717) is 25.6 Å². The van der Waals surface area contributed by atoms with Gasteiger partial charge in [0.2, 0.25) is 11.8 Å². The van der Waals surface area contributed by atoms with Gasteiger partial charge in [-0.3, -0.25) is 9.59 Å². The van der Waals surface area contributed by atoms with E-state index in [0.717, 1.165) is 19.4 Å². The van der Waals surface area contributed by atoms with Gasteiger partial charge >= 0.3 is 0 Å². The Balaban J connectivity index is 1.87. The Morgan fingerprint density at radius 2 is 2.00 bits per heavy atom. The summed E-state index contributed by atoms with van der Waals surface area (Å²) in [5.74, 6) is 0.329. The molecule has 2 N–H and O–H groups in total. The van der Waals surface area contributed by atoms with Crippen molar-refractivity contribution >= 4 is 11.8 Å². The van der Waals surface area contributed by atoms with Gasteiger partial charge in [0.1, 0.15) is 0 Å². The van der Waals surface area contributed by atoms with Crippen LogP contribution in [0.5, 0.6) is 0 Å². The molecule has 0 bridgehead atoms. The van der Waals surface area contributed by atoms with Crippen molar-refractivity contribution in [3.05, 3.63) is 0 Å². The number of nitrogens with zero attached hydrogens (tertiary/aromatic N) is 2. The summed E-state index contributed by atoms with van der Waals surface area (Å²) >= 11 is 0. The van der Waals surface area contributed by atoms with Crippen LogP contribution >= 0.6 is 0 Å². The number of hydrogen-bond acceptors (Lipinski definition) is 4. The number of ether oxygens (including phenoxy) is 1. The number of hydrogen-bond donors (Lipinski definition) is 1. The van der Waals surface area contributed by atoms with E-state index in [9.17, 15) is 9.59 Å². The third-order valence-electron chi connectivity index (χ3n) is 3.85. The normalized spacial score (nSPS) is 26.1. The van der Waals surface area contributed by atoms with Crippen molar-refractivity contribution in [1.29, 1.82) is 0 Å². The fraction of sp³-hybridized carbons (Fsp3) is 0.846. The maximum Gasteiger partial charge on any atom is 0.242 e. The van der Waals surface area contributed by atoms with Crippen LogP contribution in [0.25, 0.3) is 0 Å². The molecule has 0 aliphatic carbocycles. The summed E-state index contributed by atoms with van der Waals surface area (Å²) in [5, 5.41) is 0. The minimum Gasteiger partial charge on any atom is -0.381 e. The molecule has 2 unspecified atom stereocenters. The summed E-state index contributed by atoms with van der Waals surface area (Å²) < 4.78 is 5.31. The highest BCUT2D eigenvalue weighted by Crippen LogP contribution is 2.17. The smallest absolute Gasteiger partial charge is 0.242 e. The van der Waals surface area contributed by atoms with Crippen LogP contribution in [0, 0.1) is 5.92 Å². The van der Waals surface area contributed by atoms with Crippen molar-refractivity contribution in [2.75, 3.05) is 39.4 Å². The van der Waals surface area contributed by atoms with E-state index in [2.05, 4.69) is 0 Å². The highest BCUT2D eigenvalue weighted by Gasteiger charge is 2.32. The maximum atomic E-state index is 12.0. The Kier molecular flexibility index (Phi) is 4.76. The zero-order valence-electron chi connectivity index (χ0n) is 11.5. The van der Waals surface area contributed by atoms with E-state index in [1.54, 1.807) is 9.80 Å². The second-order valence-electron chi connectivity index (χ2n) is 5.38. The summed E-state index contributed by atoms with van der Waals surface area (Å²) in [6.07, 6.45) is 1.82. The molecule has 2 aliphatic heterocycles. The number of rotatable bonds is 5. The van der Waals surface area contributed by atoms with Crippen LogP contribution in [0.3, 0.4) is 0 Å². The summed E-state index contributed by atoms with van der Waals surface area (Å²) in [6.45, 7) is 4.88. The Labute approximate surface area is 113 Å². The second kappa shape index (κ2) is 6.34. The van der Waals surface area contributed by atoms with Gasteiger partial charge in [-0.05, 0) is 12.8 Å². The minimum atomic E-state index is -0.100. The number of carbonyl (C=O) groups excluding carboxylic acids is 2. The van der Waals surface area contributed by atoms with Gasteiger partial charge in [0.15, 0.2) is 0 Å². The standard InChI is InChI=1S/C13H23N3O3/c1-2-4-15-7-13(18)16(8-12(15)17)6-11(14)10-3-5-19-9-10/h10-11H,2-9,14H2,1H3. The average Bonchev–Trinajstić information content (AvgIpc) is 2.89. The molecule has 2 fully saturated rings. The fourth-order valence-corrected chi connectivity index (χ4v) is 2.64. The van der Waals surface area contributed by atoms with Crippen LogP contribution in [0.15, 0.2) is 0 Å². The predicted octanol–water partition coefficient (Wildman–Crippen LogP) is -0.569. The van der Waals surface area contributed by atoms with E-state index >= 15 is 0 Å². The van der Waals surface area contributed by atoms with Gasteiger partial charge in [-0.25, -0.2) is 0 Å². The van der Waals surface area contributed by atoms with E-state index in [-0.39, 0.29) is 30.9 Å². The molecule has 2 rings (SSSR count). The van der Waals surface area contributed by atoms with Crippen LogP contribution in [-0.2, 0) is 14.3 Å². The summed E-state index contributed by atoms with van der Waals surface area (Å²) in [6, 6.07) is -0.100. The third kappa shape index (κ3) is 3.45.